The third-order valence-electron chi connectivity index (χ3n) is 5.39. The van der Waals surface area contributed by atoms with E-state index in [1.54, 1.807) is 4.57 Å². The number of nitrogens with two attached hydrogens (primary N) is 1. The second-order valence-corrected chi connectivity index (χ2v) is 7.29. The zero-order chi connectivity index (χ0) is 17.6. The van der Waals surface area contributed by atoms with Gasteiger partial charge in [-0.3, -0.25) is 18.7 Å². The van der Waals surface area contributed by atoms with Crippen molar-refractivity contribution in [3.05, 3.63) is 40.4 Å². The van der Waals surface area contributed by atoms with Gasteiger partial charge in [0, 0.05) is 13.1 Å². The smallest absolute Gasteiger partial charge is 0.262 e. The number of hydrogen-bond acceptors (Lipinski definition) is 5. The van der Waals surface area contributed by atoms with Gasteiger partial charge in [-0.15, -0.1) is 10.2 Å². The molecule has 0 bridgehead atoms. The topological polar surface area (TPSA) is 81.5 Å². The van der Waals surface area contributed by atoms with Crippen LogP contribution in [0.3, 0.4) is 0 Å². The molecule has 0 saturated carbocycles. The first kappa shape index (κ1) is 16.2. The van der Waals surface area contributed by atoms with Crippen LogP contribution >= 0.6 is 0 Å². The molecule has 132 valence electrons. The van der Waals surface area contributed by atoms with Crippen LogP contribution in [0, 0.1) is 5.41 Å². The van der Waals surface area contributed by atoms with Gasteiger partial charge in [0.2, 0.25) is 5.78 Å². The number of benzene rings is 1. The van der Waals surface area contributed by atoms with Gasteiger partial charge in [0.1, 0.15) is 0 Å². The van der Waals surface area contributed by atoms with Crippen LogP contribution in [-0.4, -0.2) is 43.7 Å². The molecule has 1 saturated heterocycles. The molecule has 2 aromatic heterocycles. The summed E-state index contributed by atoms with van der Waals surface area (Å²) in [6.07, 6.45) is 1.10. The number of rotatable bonds is 4. The molecule has 0 aliphatic carbocycles. The van der Waals surface area contributed by atoms with E-state index in [1.807, 2.05) is 35.6 Å². The third-order valence-corrected chi connectivity index (χ3v) is 5.39. The Bertz CT molecular complexity index is 990. The summed E-state index contributed by atoms with van der Waals surface area (Å²) in [7, 11) is 0. The molecule has 0 amide bonds. The molecule has 1 fully saturated rings. The molecular formula is C18H24N6O. The van der Waals surface area contributed by atoms with Crippen LogP contribution in [0.1, 0.15) is 26.1 Å². The van der Waals surface area contributed by atoms with E-state index in [2.05, 4.69) is 22.0 Å². The Morgan fingerprint density at radius 3 is 2.80 bits per heavy atom. The number of hydrogen-bond donors (Lipinski definition) is 1. The van der Waals surface area contributed by atoms with Gasteiger partial charge in [-0.2, -0.15) is 0 Å². The van der Waals surface area contributed by atoms with Crippen LogP contribution in [-0.2, 0) is 13.1 Å². The molecule has 25 heavy (non-hydrogen) atoms. The predicted molar refractivity (Wildman–Crippen MR) is 97.5 cm³/mol. The van der Waals surface area contributed by atoms with Gasteiger partial charge >= 0.3 is 0 Å². The summed E-state index contributed by atoms with van der Waals surface area (Å²) in [5.74, 6) is 1.48. The molecular weight excluding hydrogens is 316 g/mol. The Labute approximate surface area is 146 Å². The van der Waals surface area contributed by atoms with E-state index < -0.39 is 0 Å². The van der Waals surface area contributed by atoms with Crippen molar-refractivity contribution in [1.29, 1.82) is 0 Å². The molecule has 3 heterocycles. The molecule has 1 aromatic carbocycles. The van der Waals surface area contributed by atoms with Crippen LogP contribution in [0.25, 0.3) is 16.7 Å². The van der Waals surface area contributed by atoms with E-state index in [0.717, 1.165) is 30.9 Å². The molecule has 0 radical (unpaired) electrons. The number of aromatic nitrogens is 4. The molecule has 4 rings (SSSR count). The number of likely N-dealkylation sites (tertiary alicyclic amines) is 1. The maximum absolute atomic E-state index is 12.7. The van der Waals surface area contributed by atoms with Crippen molar-refractivity contribution >= 4 is 16.7 Å². The fourth-order valence-corrected chi connectivity index (χ4v) is 3.83. The average Bonchev–Trinajstić information content (AvgIpc) is 3.21. The van der Waals surface area contributed by atoms with Gasteiger partial charge in [0.25, 0.3) is 5.56 Å². The van der Waals surface area contributed by atoms with E-state index in [-0.39, 0.29) is 11.0 Å². The Balaban J connectivity index is 1.84. The minimum absolute atomic E-state index is 0.0126. The number of aryl methyl sites for hydroxylation is 1. The Morgan fingerprint density at radius 1 is 1.28 bits per heavy atom. The quantitative estimate of drug-likeness (QED) is 0.773. The van der Waals surface area contributed by atoms with Crippen LogP contribution in [0.15, 0.2) is 29.1 Å². The lowest BCUT2D eigenvalue weighted by atomic mass is 9.90. The summed E-state index contributed by atoms with van der Waals surface area (Å²) < 4.78 is 3.71. The lowest BCUT2D eigenvalue weighted by Gasteiger charge is -2.22. The van der Waals surface area contributed by atoms with E-state index >= 15 is 0 Å². The normalized spacial score (nSPS) is 21.6. The summed E-state index contributed by atoms with van der Waals surface area (Å²) in [5.41, 5.74) is 6.96. The minimum Gasteiger partial charge on any atom is -0.330 e. The second kappa shape index (κ2) is 5.93. The Morgan fingerprint density at radius 2 is 2.08 bits per heavy atom. The molecule has 1 unspecified atom stereocenters. The highest BCUT2D eigenvalue weighted by atomic mass is 16.1. The number of para-hydroxylation sites is 1. The fraction of sp³-hybridized carbons (Fsp3) is 0.500. The zero-order valence-electron chi connectivity index (χ0n) is 14.8. The highest BCUT2D eigenvalue weighted by Gasteiger charge is 2.33. The van der Waals surface area contributed by atoms with Crippen molar-refractivity contribution in [3.63, 3.8) is 0 Å². The van der Waals surface area contributed by atoms with Gasteiger partial charge in [-0.1, -0.05) is 19.1 Å². The molecule has 7 nitrogen and oxygen atoms in total. The first-order valence-electron chi connectivity index (χ1n) is 8.84. The van der Waals surface area contributed by atoms with Crippen LogP contribution in [0.4, 0.5) is 0 Å². The molecule has 1 aliphatic heterocycles. The minimum atomic E-state index is -0.0126. The molecule has 7 heteroatoms. The zero-order valence-corrected chi connectivity index (χ0v) is 14.8. The fourth-order valence-electron chi connectivity index (χ4n) is 3.83. The maximum atomic E-state index is 12.7. The van der Waals surface area contributed by atoms with Gasteiger partial charge < -0.3 is 5.73 Å². The molecule has 2 N–H and O–H groups in total. The van der Waals surface area contributed by atoms with E-state index in [0.29, 0.717) is 30.8 Å². The van der Waals surface area contributed by atoms with Gasteiger partial charge in [-0.05, 0) is 44.0 Å². The Hall–Kier alpha value is -2.25. The van der Waals surface area contributed by atoms with E-state index in [9.17, 15) is 4.79 Å². The van der Waals surface area contributed by atoms with Gasteiger partial charge in [0.15, 0.2) is 5.82 Å². The second-order valence-electron chi connectivity index (χ2n) is 7.29. The average molecular weight is 340 g/mol. The standard InChI is InChI=1S/C18H24N6O/c1-3-23-16(25)13-6-4-5-7-14(13)24-15(20-21-17(23)24)10-22-9-8-18(2,11-19)12-22/h4-7H,3,8-12,19H2,1-2H3. The van der Waals surface area contributed by atoms with Crippen molar-refractivity contribution in [2.75, 3.05) is 19.6 Å². The van der Waals surface area contributed by atoms with Crippen molar-refractivity contribution in [2.45, 2.75) is 33.4 Å². The maximum Gasteiger partial charge on any atom is 0.262 e. The van der Waals surface area contributed by atoms with Crippen LogP contribution < -0.4 is 11.3 Å². The first-order chi connectivity index (χ1) is 12.1. The third kappa shape index (κ3) is 2.54. The first-order valence-corrected chi connectivity index (χ1v) is 8.84. The number of nitrogens with zero attached hydrogens (tertiary/aromatic N) is 5. The predicted octanol–water partition coefficient (Wildman–Crippen LogP) is 1.23. The SMILES string of the molecule is CCn1c(=O)c2ccccc2n2c(CN3CCC(C)(CN)C3)nnc12. The summed E-state index contributed by atoms with van der Waals surface area (Å²) in [4.78, 5) is 15.1. The van der Waals surface area contributed by atoms with Gasteiger partial charge in [-0.25, -0.2) is 0 Å². The lowest BCUT2D eigenvalue weighted by molar-refractivity contribution is 0.269. The summed E-state index contributed by atoms with van der Waals surface area (Å²) in [5, 5.41) is 9.44. The summed E-state index contributed by atoms with van der Waals surface area (Å²) >= 11 is 0. The Kier molecular flexibility index (Phi) is 3.85. The molecule has 3 aromatic rings. The molecule has 1 aliphatic rings. The molecule has 1 atom stereocenters. The van der Waals surface area contributed by atoms with E-state index in [1.165, 1.54) is 0 Å². The largest absolute Gasteiger partial charge is 0.330 e. The van der Waals surface area contributed by atoms with Crippen molar-refractivity contribution in [3.8, 4) is 0 Å². The summed E-state index contributed by atoms with van der Waals surface area (Å²) in [6, 6.07) is 7.67. The van der Waals surface area contributed by atoms with Crippen LogP contribution in [0.2, 0.25) is 0 Å². The monoisotopic (exact) mass is 340 g/mol. The van der Waals surface area contributed by atoms with Gasteiger partial charge in [0.05, 0.1) is 17.4 Å². The lowest BCUT2D eigenvalue weighted by Crippen LogP contribution is -2.31. The van der Waals surface area contributed by atoms with Crippen molar-refractivity contribution < 1.29 is 0 Å². The van der Waals surface area contributed by atoms with Crippen LogP contribution in [0.5, 0.6) is 0 Å². The summed E-state index contributed by atoms with van der Waals surface area (Å²) in [6.45, 7) is 8.14. The highest BCUT2D eigenvalue weighted by molar-refractivity contribution is 5.80. The van der Waals surface area contributed by atoms with E-state index in [4.69, 9.17) is 5.73 Å². The number of fused-ring (bicyclic) bond motifs is 3. The highest BCUT2D eigenvalue weighted by Crippen LogP contribution is 2.29. The van der Waals surface area contributed by atoms with Crippen molar-refractivity contribution in [1.82, 2.24) is 24.1 Å². The molecule has 0 spiro atoms. The van der Waals surface area contributed by atoms with Crippen molar-refractivity contribution in [2.24, 2.45) is 11.1 Å².